The predicted octanol–water partition coefficient (Wildman–Crippen LogP) is 1.44. The molecule has 1 aliphatic rings. The maximum absolute atomic E-state index is 12.3. The van der Waals surface area contributed by atoms with Crippen molar-refractivity contribution in [3.05, 3.63) is 47.7 Å². The van der Waals surface area contributed by atoms with Gasteiger partial charge in [0, 0.05) is 23.7 Å². The van der Waals surface area contributed by atoms with Crippen molar-refractivity contribution in [3.63, 3.8) is 0 Å². The zero-order valence-electron chi connectivity index (χ0n) is 11.1. The van der Waals surface area contributed by atoms with E-state index in [-0.39, 0.29) is 23.0 Å². The number of fused-ring (bicyclic) bond motifs is 5. The Hall–Kier alpha value is -3.02. The molecule has 0 bridgehead atoms. The smallest absolute Gasteiger partial charge is 0.246 e. The standard InChI is InChI=1S/C15H9N3O3/c1-21-11-4-10(19)12-13-8(6-17-14(12)15(11)20)7-5-16-3-2-9(7)18-13/h2-6,18H,1H3/p+1. The second-order valence-electron chi connectivity index (χ2n) is 4.77. The summed E-state index contributed by atoms with van der Waals surface area (Å²) in [5.74, 6) is -0.641. The van der Waals surface area contributed by atoms with Crippen molar-refractivity contribution in [1.29, 1.82) is 0 Å². The monoisotopic (exact) mass is 280 g/mol. The first-order valence-corrected chi connectivity index (χ1v) is 6.36. The van der Waals surface area contributed by atoms with Crippen LogP contribution in [-0.4, -0.2) is 28.6 Å². The molecule has 0 atom stereocenters. The number of H-pyrrole nitrogens is 2. The second-order valence-corrected chi connectivity index (χ2v) is 4.77. The third kappa shape index (κ3) is 1.47. The number of nitrogens with zero attached hydrogens (tertiary/aromatic N) is 1. The first-order valence-electron chi connectivity index (χ1n) is 6.36. The number of aromatic nitrogens is 3. The van der Waals surface area contributed by atoms with Crippen LogP contribution < -0.4 is 4.98 Å². The number of pyridine rings is 2. The molecule has 0 aliphatic heterocycles. The molecule has 3 aromatic heterocycles. The maximum atomic E-state index is 12.3. The molecule has 0 amide bonds. The van der Waals surface area contributed by atoms with Gasteiger partial charge in [-0.25, -0.2) is 4.98 Å². The van der Waals surface area contributed by atoms with Crippen molar-refractivity contribution in [3.8, 4) is 0 Å². The van der Waals surface area contributed by atoms with Crippen molar-refractivity contribution < 1.29 is 19.3 Å². The summed E-state index contributed by atoms with van der Waals surface area (Å²) in [6, 6.07) is 1.87. The molecule has 102 valence electrons. The first kappa shape index (κ1) is 11.8. The summed E-state index contributed by atoms with van der Waals surface area (Å²) in [6.45, 7) is 0. The highest BCUT2D eigenvalue weighted by atomic mass is 16.5. The van der Waals surface area contributed by atoms with Crippen LogP contribution >= 0.6 is 0 Å². The van der Waals surface area contributed by atoms with Crippen LogP contribution in [0.3, 0.4) is 0 Å². The van der Waals surface area contributed by atoms with Crippen LogP contribution in [0.2, 0.25) is 0 Å². The van der Waals surface area contributed by atoms with Gasteiger partial charge in [0.25, 0.3) is 0 Å². The third-order valence-corrected chi connectivity index (χ3v) is 3.66. The van der Waals surface area contributed by atoms with Crippen LogP contribution in [-0.2, 0) is 4.74 Å². The Morgan fingerprint density at radius 2 is 2.14 bits per heavy atom. The highest BCUT2D eigenvalue weighted by Gasteiger charge is 2.30. The number of methoxy groups -OCH3 is 1. The quantitative estimate of drug-likeness (QED) is 0.730. The number of Topliss-reactive ketones (excluding diaryl/α,β-unsaturated/α-hetero) is 1. The van der Waals surface area contributed by atoms with Gasteiger partial charge in [-0.2, -0.15) is 0 Å². The predicted molar refractivity (Wildman–Crippen MR) is 73.9 cm³/mol. The van der Waals surface area contributed by atoms with Crippen molar-refractivity contribution in [2.24, 2.45) is 0 Å². The third-order valence-electron chi connectivity index (χ3n) is 3.66. The Labute approximate surface area is 118 Å². The fourth-order valence-electron chi connectivity index (χ4n) is 2.68. The largest absolute Gasteiger partial charge is 0.492 e. The molecule has 21 heavy (non-hydrogen) atoms. The summed E-state index contributed by atoms with van der Waals surface area (Å²) in [5.41, 5.74) is 1.93. The normalized spacial score (nSPS) is 14.4. The van der Waals surface area contributed by atoms with Gasteiger partial charge in [-0.1, -0.05) is 0 Å². The second kappa shape index (κ2) is 3.99. The summed E-state index contributed by atoms with van der Waals surface area (Å²) in [5, 5.41) is 1.72. The Balaban J connectivity index is 2.12. The van der Waals surface area contributed by atoms with E-state index in [0.29, 0.717) is 11.1 Å². The van der Waals surface area contributed by atoms with Crippen molar-refractivity contribution in [2.45, 2.75) is 0 Å². The number of allylic oxidation sites excluding steroid dienone is 2. The molecule has 0 fully saturated rings. The van der Waals surface area contributed by atoms with Gasteiger partial charge in [-0.05, 0) is 0 Å². The van der Waals surface area contributed by atoms with Crippen LogP contribution in [0.25, 0.3) is 21.8 Å². The topological polar surface area (TPSA) is 86.2 Å². The molecule has 0 aromatic carbocycles. The van der Waals surface area contributed by atoms with E-state index >= 15 is 0 Å². The first-order chi connectivity index (χ1) is 10.2. The zero-order chi connectivity index (χ0) is 14.6. The molecule has 0 saturated heterocycles. The summed E-state index contributed by atoms with van der Waals surface area (Å²) in [7, 11) is 1.36. The van der Waals surface area contributed by atoms with E-state index in [9.17, 15) is 9.59 Å². The number of rotatable bonds is 1. The summed E-state index contributed by atoms with van der Waals surface area (Å²) < 4.78 is 4.94. The molecule has 0 spiro atoms. The van der Waals surface area contributed by atoms with Crippen LogP contribution in [0.4, 0.5) is 0 Å². The molecule has 0 unspecified atom stereocenters. The number of carbonyl (C=O) groups is 2. The molecule has 2 N–H and O–H groups in total. The molecule has 0 radical (unpaired) electrons. The Morgan fingerprint density at radius 1 is 1.29 bits per heavy atom. The van der Waals surface area contributed by atoms with E-state index in [0.717, 1.165) is 16.3 Å². The van der Waals surface area contributed by atoms with Gasteiger partial charge in [-0.3, -0.25) is 14.6 Å². The number of hydrogen-bond acceptors (Lipinski definition) is 4. The number of nitrogens with one attached hydrogen (secondary N) is 2. The lowest BCUT2D eigenvalue weighted by atomic mass is 9.96. The molecule has 1 aliphatic carbocycles. The van der Waals surface area contributed by atoms with Gasteiger partial charge in [-0.15, -0.1) is 0 Å². The van der Waals surface area contributed by atoms with E-state index in [1.807, 2.05) is 12.3 Å². The molecule has 3 heterocycles. The van der Waals surface area contributed by atoms with E-state index < -0.39 is 0 Å². The minimum atomic E-state index is -0.376. The number of ketones is 2. The molecular weight excluding hydrogens is 270 g/mol. The van der Waals surface area contributed by atoms with Gasteiger partial charge >= 0.3 is 0 Å². The highest BCUT2D eigenvalue weighted by molar-refractivity contribution is 6.28. The van der Waals surface area contributed by atoms with Crippen molar-refractivity contribution in [2.75, 3.05) is 7.11 Å². The lowest BCUT2D eigenvalue weighted by molar-refractivity contribution is -0.375. The minimum absolute atomic E-state index is 0.0174. The molecular formula is C15H10N3O3+. The Kier molecular flexibility index (Phi) is 2.24. The fourth-order valence-corrected chi connectivity index (χ4v) is 2.68. The number of carbonyl (C=O) groups excluding carboxylic acids is 2. The molecule has 6 heteroatoms. The maximum Gasteiger partial charge on any atom is 0.246 e. The van der Waals surface area contributed by atoms with E-state index in [1.165, 1.54) is 13.2 Å². The fraction of sp³-hybridized carbons (Fsp3) is 0.0667. The zero-order valence-corrected chi connectivity index (χ0v) is 11.1. The number of hydrogen-bond donors (Lipinski definition) is 1. The Morgan fingerprint density at radius 3 is 2.95 bits per heavy atom. The highest BCUT2D eigenvalue weighted by Crippen LogP contribution is 2.30. The average molecular weight is 280 g/mol. The van der Waals surface area contributed by atoms with E-state index in [4.69, 9.17) is 4.74 Å². The average Bonchev–Trinajstić information content (AvgIpc) is 2.88. The summed E-state index contributed by atoms with van der Waals surface area (Å²) in [6.07, 6.45) is 6.43. The van der Waals surface area contributed by atoms with Crippen molar-refractivity contribution >= 4 is 33.4 Å². The van der Waals surface area contributed by atoms with Crippen LogP contribution in [0.1, 0.15) is 20.8 Å². The SMILES string of the molecule is COC1=CC(=O)c2c(ncc3c2[nH]c2cc[nH+]cc23)C1=O. The van der Waals surface area contributed by atoms with Crippen LogP contribution in [0.15, 0.2) is 36.5 Å². The number of aromatic amines is 2. The van der Waals surface area contributed by atoms with Crippen molar-refractivity contribution in [1.82, 2.24) is 9.97 Å². The molecule has 3 aromatic rings. The van der Waals surface area contributed by atoms with Gasteiger partial charge in [0.05, 0.1) is 29.1 Å². The van der Waals surface area contributed by atoms with Gasteiger partial charge in [0.2, 0.25) is 5.78 Å². The number of ether oxygens (including phenoxy) is 1. The summed E-state index contributed by atoms with van der Waals surface area (Å²) in [4.78, 5) is 34.9. The molecule has 6 nitrogen and oxygen atoms in total. The molecule has 0 saturated carbocycles. The lowest BCUT2D eigenvalue weighted by Crippen LogP contribution is -2.20. The van der Waals surface area contributed by atoms with Crippen LogP contribution in [0, 0.1) is 0 Å². The lowest BCUT2D eigenvalue weighted by Gasteiger charge is -2.13. The summed E-state index contributed by atoms with van der Waals surface area (Å²) >= 11 is 0. The van der Waals surface area contributed by atoms with E-state index in [1.54, 1.807) is 12.4 Å². The van der Waals surface area contributed by atoms with Gasteiger partial charge < -0.3 is 9.72 Å². The van der Waals surface area contributed by atoms with E-state index in [2.05, 4.69) is 15.0 Å². The Bertz CT molecular complexity index is 969. The van der Waals surface area contributed by atoms with Crippen LogP contribution in [0.5, 0.6) is 0 Å². The van der Waals surface area contributed by atoms with Gasteiger partial charge in [0.15, 0.2) is 23.9 Å². The molecule has 4 rings (SSSR count). The minimum Gasteiger partial charge on any atom is -0.492 e. The van der Waals surface area contributed by atoms with Gasteiger partial charge in [0.1, 0.15) is 5.69 Å².